The summed E-state index contributed by atoms with van der Waals surface area (Å²) in [5.41, 5.74) is 0.714. The molecular weight excluding hydrogens is 320 g/mol. The number of carbonyl (C=O) groups excluding carboxylic acids is 2. The summed E-state index contributed by atoms with van der Waals surface area (Å²) in [5, 5.41) is 5.77. The lowest BCUT2D eigenvalue weighted by Gasteiger charge is -2.11. The smallest absolute Gasteiger partial charge is 0.228 e. The minimum absolute atomic E-state index is 0.0451. The molecule has 1 heterocycles. The maximum atomic E-state index is 12.3. The van der Waals surface area contributed by atoms with Crippen molar-refractivity contribution in [3.05, 3.63) is 24.3 Å². The van der Waals surface area contributed by atoms with Gasteiger partial charge in [0.15, 0.2) is 0 Å². The summed E-state index contributed by atoms with van der Waals surface area (Å²) in [7, 11) is 0. The summed E-state index contributed by atoms with van der Waals surface area (Å²) >= 11 is 0. The van der Waals surface area contributed by atoms with Crippen molar-refractivity contribution in [2.75, 3.05) is 18.5 Å². The first-order valence-electron chi connectivity index (χ1n) is 9.00. The molecule has 136 valence electrons. The van der Waals surface area contributed by atoms with Gasteiger partial charge < -0.3 is 20.1 Å². The van der Waals surface area contributed by atoms with Crippen molar-refractivity contribution < 1.29 is 19.1 Å². The van der Waals surface area contributed by atoms with Gasteiger partial charge in [-0.05, 0) is 57.4 Å². The Labute approximate surface area is 148 Å². The third kappa shape index (κ3) is 4.95. The fraction of sp³-hybridized carbons (Fsp3) is 0.579. The van der Waals surface area contributed by atoms with Crippen molar-refractivity contribution >= 4 is 17.5 Å². The number of carbonyl (C=O) groups is 2. The Balaban J connectivity index is 1.42. The van der Waals surface area contributed by atoms with Gasteiger partial charge in [-0.15, -0.1) is 0 Å². The topological polar surface area (TPSA) is 76.7 Å². The van der Waals surface area contributed by atoms with Gasteiger partial charge in [0.2, 0.25) is 11.8 Å². The molecule has 1 saturated carbocycles. The Morgan fingerprint density at radius 3 is 2.56 bits per heavy atom. The molecule has 1 aliphatic carbocycles. The van der Waals surface area contributed by atoms with Gasteiger partial charge in [-0.25, -0.2) is 0 Å². The zero-order valence-electron chi connectivity index (χ0n) is 14.8. The molecule has 3 unspecified atom stereocenters. The highest BCUT2D eigenvalue weighted by Gasteiger charge is 2.48. The van der Waals surface area contributed by atoms with Gasteiger partial charge in [-0.2, -0.15) is 0 Å². The molecule has 25 heavy (non-hydrogen) atoms. The monoisotopic (exact) mass is 346 g/mol. The van der Waals surface area contributed by atoms with Crippen LogP contribution >= 0.6 is 0 Å². The Morgan fingerprint density at radius 1 is 1.20 bits per heavy atom. The number of hydrogen-bond donors (Lipinski definition) is 2. The van der Waals surface area contributed by atoms with Crippen molar-refractivity contribution in [2.24, 2.45) is 11.8 Å². The predicted octanol–water partition coefficient (Wildman–Crippen LogP) is 2.34. The van der Waals surface area contributed by atoms with E-state index >= 15 is 0 Å². The van der Waals surface area contributed by atoms with Crippen LogP contribution in [-0.2, 0) is 14.3 Å². The maximum Gasteiger partial charge on any atom is 0.228 e. The number of nitrogens with one attached hydrogen (secondary N) is 2. The standard InChI is InChI=1S/C19H26N2O4/c1-12(2)25-14-7-5-13(6-8-14)21-19(23)17-10-16(17)18(22)20-11-15-4-3-9-24-15/h5-8,12,15-17H,3-4,9-11H2,1-2H3,(H,20,22)(H,21,23). The van der Waals surface area contributed by atoms with E-state index in [1.54, 1.807) is 0 Å². The van der Waals surface area contributed by atoms with E-state index in [0.29, 0.717) is 18.7 Å². The van der Waals surface area contributed by atoms with Crippen molar-refractivity contribution in [3.63, 3.8) is 0 Å². The second-order valence-corrected chi connectivity index (χ2v) is 7.01. The van der Waals surface area contributed by atoms with Crippen molar-refractivity contribution in [3.8, 4) is 5.75 Å². The highest BCUT2D eigenvalue weighted by molar-refractivity contribution is 5.99. The van der Waals surface area contributed by atoms with Crippen molar-refractivity contribution in [2.45, 2.75) is 45.3 Å². The average Bonchev–Trinajstić information content (AvgIpc) is 3.22. The van der Waals surface area contributed by atoms with Crippen LogP contribution in [-0.4, -0.2) is 37.2 Å². The molecule has 1 aromatic rings. The summed E-state index contributed by atoms with van der Waals surface area (Å²) in [6.45, 7) is 5.25. The molecule has 0 spiro atoms. The third-order valence-corrected chi connectivity index (χ3v) is 4.49. The molecule has 2 aliphatic rings. The molecule has 0 radical (unpaired) electrons. The van der Waals surface area contributed by atoms with E-state index in [4.69, 9.17) is 9.47 Å². The lowest BCUT2D eigenvalue weighted by atomic mass is 10.2. The van der Waals surface area contributed by atoms with Crippen LogP contribution in [0.5, 0.6) is 5.75 Å². The number of benzene rings is 1. The molecule has 0 bridgehead atoms. The van der Waals surface area contributed by atoms with Crippen molar-refractivity contribution in [1.82, 2.24) is 5.32 Å². The number of anilines is 1. The number of hydrogen-bond acceptors (Lipinski definition) is 4. The summed E-state index contributed by atoms with van der Waals surface area (Å²) < 4.78 is 11.1. The largest absolute Gasteiger partial charge is 0.491 e. The first-order valence-corrected chi connectivity index (χ1v) is 9.00. The first kappa shape index (κ1) is 17.7. The number of ether oxygens (including phenoxy) is 2. The zero-order chi connectivity index (χ0) is 17.8. The number of rotatable bonds is 7. The molecular formula is C19H26N2O4. The first-order chi connectivity index (χ1) is 12.0. The Kier molecular flexibility index (Phi) is 5.58. The molecule has 1 aromatic carbocycles. The van der Waals surface area contributed by atoms with E-state index in [0.717, 1.165) is 25.2 Å². The molecule has 1 saturated heterocycles. The second-order valence-electron chi connectivity index (χ2n) is 7.01. The van der Waals surface area contributed by atoms with Gasteiger partial charge in [0.25, 0.3) is 0 Å². The Hall–Kier alpha value is -2.08. The minimum atomic E-state index is -0.240. The fourth-order valence-electron chi connectivity index (χ4n) is 3.05. The molecule has 6 heteroatoms. The summed E-state index contributed by atoms with van der Waals surface area (Å²) in [6.07, 6.45) is 2.89. The van der Waals surface area contributed by atoms with Crippen LogP contribution in [0.1, 0.15) is 33.1 Å². The van der Waals surface area contributed by atoms with Gasteiger partial charge in [-0.1, -0.05) is 0 Å². The lowest BCUT2D eigenvalue weighted by molar-refractivity contribution is -0.125. The Bertz CT molecular complexity index is 608. The van der Waals surface area contributed by atoms with E-state index in [-0.39, 0.29) is 35.9 Å². The molecule has 6 nitrogen and oxygen atoms in total. The van der Waals surface area contributed by atoms with Gasteiger partial charge in [0, 0.05) is 18.8 Å². The lowest BCUT2D eigenvalue weighted by Crippen LogP contribution is -2.33. The summed E-state index contributed by atoms with van der Waals surface area (Å²) in [5.74, 6) is 0.165. The van der Waals surface area contributed by atoms with Crippen LogP contribution < -0.4 is 15.4 Å². The molecule has 2 fully saturated rings. The van der Waals surface area contributed by atoms with Crippen LogP contribution in [0.4, 0.5) is 5.69 Å². The van der Waals surface area contributed by atoms with Gasteiger partial charge in [-0.3, -0.25) is 9.59 Å². The molecule has 0 aromatic heterocycles. The minimum Gasteiger partial charge on any atom is -0.491 e. The van der Waals surface area contributed by atoms with Gasteiger partial charge >= 0.3 is 0 Å². The van der Waals surface area contributed by atoms with Crippen LogP contribution in [0.15, 0.2) is 24.3 Å². The van der Waals surface area contributed by atoms with E-state index in [2.05, 4.69) is 10.6 Å². The van der Waals surface area contributed by atoms with Crippen LogP contribution in [0.3, 0.4) is 0 Å². The Morgan fingerprint density at radius 2 is 1.92 bits per heavy atom. The quantitative estimate of drug-likeness (QED) is 0.794. The molecule has 3 atom stereocenters. The van der Waals surface area contributed by atoms with E-state index in [1.807, 2.05) is 38.1 Å². The fourth-order valence-corrected chi connectivity index (χ4v) is 3.05. The van der Waals surface area contributed by atoms with Crippen LogP contribution in [0.2, 0.25) is 0 Å². The third-order valence-electron chi connectivity index (χ3n) is 4.49. The molecule has 1 aliphatic heterocycles. The second kappa shape index (κ2) is 7.87. The summed E-state index contributed by atoms with van der Waals surface area (Å²) in [4.78, 5) is 24.4. The number of amides is 2. The van der Waals surface area contributed by atoms with E-state index in [9.17, 15) is 9.59 Å². The summed E-state index contributed by atoms with van der Waals surface area (Å²) in [6, 6.07) is 7.28. The highest BCUT2D eigenvalue weighted by Crippen LogP contribution is 2.39. The molecule has 3 rings (SSSR count). The van der Waals surface area contributed by atoms with E-state index in [1.165, 1.54) is 0 Å². The average molecular weight is 346 g/mol. The van der Waals surface area contributed by atoms with E-state index < -0.39 is 0 Å². The normalized spacial score (nSPS) is 24.8. The molecule has 2 amide bonds. The maximum absolute atomic E-state index is 12.3. The SMILES string of the molecule is CC(C)Oc1ccc(NC(=O)C2CC2C(=O)NCC2CCCO2)cc1. The van der Waals surface area contributed by atoms with Crippen LogP contribution in [0, 0.1) is 11.8 Å². The highest BCUT2D eigenvalue weighted by atomic mass is 16.5. The molecule has 2 N–H and O–H groups in total. The predicted molar refractivity (Wildman–Crippen MR) is 94.4 cm³/mol. The van der Waals surface area contributed by atoms with Gasteiger partial charge in [0.05, 0.1) is 24.0 Å². The zero-order valence-corrected chi connectivity index (χ0v) is 14.8. The van der Waals surface area contributed by atoms with Crippen molar-refractivity contribution in [1.29, 1.82) is 0 Å². The van der Waals surface area contributed by atoms with Crippen LogP contribution in [0.25, 0.3) is 0 Å². The van der Waals surface area contributed by atoms with Gasteiger partial charge in [0.1, 0.15) is 5.75 Å².